The largest absolute Gasteiger partial charge is 0.462 e. The zero-order chi connectivity index (χ0) is 24.7. The predicted molar refractivity (Wildman–Crippen MR) is 132 cm³/mol. The number of rotatable bonds is 9. The number of benzene rings is 2. The van der Waals surface area contributed by atoms with Crippen molar-refractivity contribution in [2.24, 2.45) is 0 Å². The second kappa shape index (κ2) is 11.5. The Kier molecular flexibility index (Phi) is 8.50. The Morgan fingerprint density at radius 1 is 1.03 bits per heavy atom. The number of ether oxygens (including phenoxy) is 1. The van der Waals surface area contributed by atoms with E-state index in [0.29, 0.717) is 21.8 Å². The first kappa shape index (κ1) is 25.1. The van der Waals surface area contributed by atoms with Crippen molar-refractivity contribution < 1.29 is 23.5 Å². The van der Waals surface area contributed by atoms with Gasteiger partial charge in [0.1, 0.15) is 16.4 Å². The van der Waals surface area contributed by atoms with Crippen molar-refractivity contribution in [3.05, 3.63) is 70.9 Å². The van der Waals surface area contributed by atoms with Crippen molar-refractivity contribution in [2.45, 2.75) is 13.8 Å². The van der Waals surface area contributed by atoms with E-state index in [4.69, 9.17) is 4.74 Å². The summed E-state index contributed by atoms with van der Waals surface area (Å²) in [6.45, 7) is 3.74. The minimum atomic E-state index is -0.516. The molecule has 0 spiro atoms. The first-order valence-corrected chi connectivity index (χ1v) is 11.5. The summed E-state index contributed by atoms with van der Waals surface area (Å²) in [6.07, 6.45) is 0. The molecule has 0 aliphatic rings. The number of anilines is 2. The van der Waals surface area contributed by atoms with Gasteiger partial charge in [0.15, 0.2) is 0 Å². The number of halogens is 1. The molecule has 3 rings (SSSR count). The van der Waals surface area contributed by atoms with Gasteiger partial charge in [0.2, 0.25) is 11.8 Å². The number of carbonyl (C=O) groups is 3. The highest BCUT2D eigenvalue weighted by Gasteiger charge is 2.23. The van der Waals surface area contributed by atoms with Crippen LogP contribution in [0.2, 0.25) is 0 Å². The fraction of sp³-hybridized carbons (Fsp3) is 0.240. The Bertz CT molecular complexity index is 1180. The fourth-order valence-electron chi connectivity index (χ4n) is 3.28. The lowest BCUT2D eigenvalue weighted by atomic mass is 10.0. The monoisotopic (exact) mass is 483 g/mol. The van der Waals surface area contributed by atoms with Crippen LogP contribution in [0.5, 0.6) is 0 Å². The first-order valence-electron chi connectivity index (χ1n) is 10.7. The molecule has 2 aromatic carbocycles. The molecule has 0 radical (unpaired) electrons. The maximum atomic E-state index is 13.3. The number of amides is 2. The van der Waals surface area contributed by atoms with Crippen LogP contribution in [-0.2, 0) is 14.3 Å². The zero-order valence-corrected chi connectivity index (χ0v) is 20.0. The summed E-state index contributed by atoms with van der Waals surface area (Å²) in [5.74, 6) is -1.74. The molecular weight excluding hydrogens is 457 g/mol. The minimum absolute atomic E-state index is 0.0757. The number of nitrogens with one attached hydrogen (secondary N) is 2. The summed E-state index contributed by atoms with van der Waals surface area (Å²) in [7, 11) is 1.61. The molecule has 0 bridgehead atoms. The molecule has 2 N–H and O–H groups in total. The number of nitrogens with zero attached hydrogens (tertiary/aromatic N) is 1. The minimum Gasteiger partial charge on any atom is -0.462 e. The van der Waals surface area contributed by atoms with E-state index in [1.54, 1.807) is 20.0 Å². The van der Waals surface area contributed by atoms with Crippen LogP contribution in [-0.4, -0.2) is 49.4 Å². The second-order valence-electron chi connectivity index (χ2n) is 7.72. The molecule has 2 amide bonds. The molecule has 0 aliphatic carbocycles. The maximum Gasteiger partial charge on any atom is 0.341 e. The van der Waals surface area contributed by atoms with Crippen LogP contribution in [0.25, 0.3) is 11.1 Å². The SMILES string of the molecule is CCOC(=O)c1c(-c2ccc(C)cc2)csc1NC(=O)CN(C)CC(=O)Nc1cccc(F)c1. The van der Waals surface area contributed by atoms with Gasteiger partial charge in [-0.25, -0.2) is 9.18 Å². The van der Waals surface area contributed by atoms with Crippen molar-refractivity contribution in [1.29, 1.82) is 0 Å². The van der Waals surface area contributed by atoms with Gasteiger partial charge >= 0.3 is 5.97 Å². The summed E-state index contributed by atoms with van der Waals surface area (Å²) >= 11 is 1.24. The molecule has 1 aromatic heterocycles. The van der Waals surface area contributed by atoms with E-state index in [1.807, 2.05) is 36.6 Å². The standard InChI is InChI=1S/C25H26FN3O4S/c1-4-33-25(32)23-20(17-10-8-16(2)9-11-17)15-34-24(23)28-22(31)14-29(3)13-21(30)27-19-7-5-6-18(26)12-19/h5-12,15H,4,13-14H2,1-3H3,(H,27,30)(H,28,31). The van der Waals surface area contributed by atoms with E-state index in [2.05, 4.69) is 10.6 Å². The second-order valence-corrected chi connectivity index (χ2v) is 8.60. The Hall–Kier alpha value is -3.56. The van der Waals surface area contributed by atoms with Crippen molar-refractivity contribution in [1.82, 2.24) is 4.90 Å². The average Bonchev–Trinajstić information content (AvgIpc) is 3.17. The highest BCUT2D eigenvalue weighted by Crippen LogP contribution is 2.36. The molecule has 1 heterocycles. The number of aryl methyl sites for hydroxylation is 1. The van der Waals surface area contributed by atoms with Crippen LogP contribution in [0.4, 0.5) is 15.1 Å². The molecule has 0 aliphatic heterocycles. The molecule has 3 aromatic rings. The van der Waals surface area contributed by atoms with Crippen LogP contribution in [0.1, 0.15) is 22.8 Å². The van der Waals surface area contributed by atoms with Crippen LogP contribution < -0.4 is 10.6 Å². The lowest BCUT2D eigenvalue weighted by molar-refractivity contribution is -0.119. The number of hydrogen-bond donors (Lipinski definition) is 2. The van der Waals surface area contributed by atoms with Crippen LogP contribution in [0, 0.1) is 12.7 Å². The lowest BCUT2D eigenvalue weighted by Crippen LogP contribution is -2.36. The quantitative estimate of drug-likeness (QED) is 0.436. The highest BCUT2D eigenvalue weighted by atomic mass is 32.1. The van der Waals surface area contributed by atoms with Crippen LogP contribution >= 0.6 is 11.3 Å². The van der Waals surface area contributed by atoms with Gasteiger partial charge in [-0.15, -0.1) is 11.3 Å². The molecule has 9 heteroatoms. The van der Waals surface area contributed by atoms with Gasteiger partial charge in [-0.05, 0) is 44.7 Å². The van der Waals surface area contributed by atoms with Gasteiger partial charge < -0.3 is 15.4 Å². The summed E-state index contributed by atoms with van der Waals surface area (Å²) in [4.78, 5) is 39.1. The van der Waals surface area contributed by atoms with Gasteiger partial charge in [0.25, 0.3) is 0 Å². The van der Waals surface area contributed by atoms with Gasteiger partial charge in [-0.2, -0.15) is 0 Å². The number of esters is 1. The molecule has 0 unspecified atom stereocenters. The number of likely N-dealkylation sites (N-methyl/N-ethyl adjacent to an activating group) is 1. The lowest BCUT2D eigenvalue weighted by Gasteiger charge is -2.16. The zero-order valence-electron chi connectivity index (χ0n) is 19.2. The number of carbonyl (C=O) groups excluding carboxylic acids is 3. The van der Waals surface area contributed by atoms with Crippen molar-refractivity contribution in [3.63, 3.8) is 0 Å². The van der Waals surface area contributed by atoms with Gasteiger partial charge in [0.05, 0.1) is 19.7 Å². The molecule has 0 atom stereocenters. The molecule has 0 saturated heterocycles. The fourth-order valence-corrected chi connectivity index (χ4v) is 4.25. The van der Waals surface area contributed by atoms with E-state index >= 15 is 0 Å². The van der Waals surface area contributed by atoms with E-state index in [1.165, 1.54) is 34.4 Å². The number of thiophene rings is 1. The van der Waals surface area contributed by atoms with Crippen molar-refractivity contribution in [3.8, 4) is 11.1 Å². The Morgan fingerprint density at radius 3 is 2.35 bits per heavy atom. The van der Waals surface area contributed by atoms with Crippen molar-refractivity contribution in [2.75, 3.05) is 37.4 Å². The Labute approximate surface area is 201 Å². The molecule has 0 saturated carbocycles. The first-order chi connectivity index (χ1) is 16.3. The van der Waals surface area contributed by atoms with E-state index in [9.17, 15) is 18.8 Å². The summed E-state index contributed by atoms with van der Waals surface area (Å²) in [6, 6.07) is 13.3. The van der Waals surface area contributed by atoms with Gasteiger partial charge in [-0.3, -0.25) is 14.5 Å². The van der Waals surface area contributed by atoms with E-state index in [-0.39, 0.29) is 31.5 Å². The van der Waals surface area contributed by atoms with E-state index in [0.717, 1.165) is 11.1 Å². The molecule has 178 valence electrons. The molecule has 7 nitrogen and oxygen atoms in total. The summed E-state index contributed by atoms with van der Waals surface area (Å²) in [5.41, 5.74) is 3.26. The third-order valence-corrected chi connectivity index (χ3v) is 5.72. The summed E-state index contributed by atoms with van der Waals surface area (Å²) in [5, 5.41) is 7.55. The molecule has 0 fully saturated rings. The maximum absolute atomic E-state index is 13.3. The topological polar surface area (TPSA) is 87.7 Å². The average molecular weight is 484 g/mol. The predicted octanol–water partition coefficient (Wildman–Crippen LogP) is 4.55. The number of hydrogen-bond acceptors (Lipinski definition) is 6. The van der Waals surface area contributed by atoms with Crippen molar-refractivity contribution >= 4 is 39.8 Å². The van der Waals surface area contributed by atoms with Gasteiger partial charge in [-0.1, -0.05) is 35.9 Å². The third-order valence-electron chi connectivity index (χ3n) is 4.82. The normalized spacial score (nSPS) is 10.7. The van der Waals surface area contributed by atoms with E-state index < -0.39 is 11.8 Å². The van der Waals surface area contributed by atoms with Gasteiger partial charge in [0, 0.05) is 16.6 Å². The smallest absolute Gasteiger partial charge is 0.341 e. The Balaban J connectivity index is 1.67. The molecule has 34 heavy (non-hydrogen) atoms. The molecular formula is C25H26FN3O4S. The highest BCUT2D eigenvalue weighted by molar-refractivity contribution is 7.15. The van der Waals surface area contributed by atoms with Crippen LogP contribution in [0.15, 0.2) is 53.9 Å². The van der Waals surface area contributed by atoms with Crippen LogP contribution in [0.3, 0.4) is 0 Å². The third kappa shape index (κ3) is 6.72. The summed E-state index contributed by atoms with van der Waals surface area (Å²) < 4.78 is 18.5. The Morgan fingerprint density at radius 2 is 1.71 bits per heavy atom.